The smallest absolute Gasteiger partial charge is 0.462 e. The van der Waals surface area contributed by atoms with E-state index in [4.69, 9.17) is 37.0 Å². The molecule has 5 atom stereocenters. The van der Waals surface area contributed by atoms with Crippen LogP contribution in [0.15, 0.2) is 0 Å². The summed E-state index contributed by atoms with van der Waals surface area (Å²) in [6.45, 7) is 9.34. The molecular weight excluding hydrogens is 1170 g/mol. The van der Waals surface area contributed by atoms with Gasteiger partial charge in [0.1, 0.15) is 19.3 Å². The summed E-state index contributed by atoms with van der Waals surface area (Å²) in [5.74, 6) is -0.786. The minimum atomic E-state index is -4.95. The second-order valence-electron chi connectivity index (χ2n) is 26.2. The van der Waals surface area contributed by atoms with Gasteiger partial charge in [-0.2, -0.15) is 0 Å². The summed E-state index contributed by atoms with van der Waals surface area (Å²) in [6, 6.07) is 0. The van der Waals surface area contributed by atoms with E-state index in [0.717, 1.165) is 96.3 Å². The largest absolute Gasteiger partial charge is 0.472 e. The minimum Gasteiger partial charge on any atom is -0.462 e. The molecule has 0 heterocycles. The summed E-state index contributed by atoms with van der Waals surface area (Å²) in [5.41, 5.74) is 0. The van der Waals surface area contributed by atoms with E-state index in [-0.39, 0.29) is 25.7 Å². The molecule has 0 aromatic heterocycles. The van der Waals surface area contributed by atoms with Crippen molar-refractivity contribution >= 4 is 39.5 Å². The molecule has 0 aliphatic heterocycles. The van der Waals surface area contributed by atoms with E-state index < -0.39 is 97.5 Å². The monoisotopic (exact) mass is 1310 g/mol. The summed E-state index contributed by atoms with van der Waals surface area (Å²) in [5, 5.41) is 10.6. The summed E-state index contributed by atoms with van der Waals surface area (Å²) < 4.78 is 68.1. The zero-order valence-electron chi connectivity index (χ0n) is 57.7. The molecule has 3 N–H and O–H groups in total. The highest BCUT2D eigenvalue weighted by Crippen LogP contribution is 2.45. The number of esters is 4. The van der Waals surface area contributed by atoms with Gasteiger partial charge < -0.3 is 33.8 Å². The van der Waals surface area contributed by atoms with Gasteiger partial charge in [0.25, 0.3) is 0 Å². The Morgan fingerprint density at radius 1 is 0.303 bits per heavy atom. The number of hydrogen-bond donors (Lipinski definition) is 3. The van der Waals surface area contributed by atoms with Crippen molar-refractivity contribution in [2.45, 2.75) is 374 Å². The number of aliphatic hydroxyl groups is 1. The first-order valence-electron chi connectivity index (χ1n) is 36.5. The topological polar surface area (TPSA) is 237 Å². The summed E-state index contributed by atoms with van der Waals surface area (Å²) in [7, 11) is -9.89. The number of aliphatic hydroxyl groups excluding tert-OH is 1. The fraction of sp³-hybridized carbons (Fsp3) is 0.943. The summed E-state index contributed by atoms with van der Waals surface area (Å²) in [6.07, 6.45) is 47.8. The number of phosphoric acid groups is 2. The molecule has 17 nitrogen and oxygen atoms in total. The predicted molar refractivity (Wildman–Crippen MR) is 358 cm³/mol. The minimum absolute atomic E-state index is 0.102. The number of phosphoric ester groups is 2. The molecule has 0 aliphatic rings. The fourth-order valence-corrected chi connectivity index (χ4v) is 12.2. The quantitative estimate of drug-likeness (QED) is 0.0222. The molecule has 89 heavy (non-hydrogen) atoms. The van der Waals surface area contributed by atoms with Crippen LogP contribution in [0.4, 0.5) is 0 Å². The number of rotatable bonds is 69. The van der Waals surface area contributed by atoms with Crippen molar-refractivity contribution in [2.75, 3.05) is 39.6 Å². The van der Waals surface area contributed by atoms with Gasteiger partial charge in [-0.3, -0.25) is 37.3 Å². The van der Waals surface area contributed by atoms with E-state index >= 15 is 0 Å². The van der Waals surface area contributed by atoms with Crippen LogP contribution in [0.25, 0.3) is 0 Å². The normalized spacial score (nSPS) is 14.1. The van der Waals surface area contributed by atoms with Crippen molar-refractivity contribution < 1.29 is 80.2 Å². The summed E-state index contributed by atoms with van der Waals surface area (Å²) >= 11 is 0. The van der Waals surface area contributed by atoms with E-state index in [0.29, 0.717) is 37.5 Å². The highest BCUT2D eigenvalue weighted by Gasteiger charge is 2.30. The molecule has 0 bridgehead atoms. The Hall–Kier alpha value is -1.94. The molecule has 0 amide bonds. The molecule has 0 aliphatic carbocycles. The highest BCUT2D eigenvalue weighted by atomic mass is 31.2. The molecule has 528 valence electrons. The Bertz CT molecular complexity index is 1730. The van der Waals surface area contributed by atoms with Crippen molar-refractivity contribution in [3.05, 3.63) is 0 Å². The molecule has 19 heteroatoms. The number of carbonyl (C=O) groups is 4. The van der Waals surface area contributed by atoms with Gasteiger partial charge in [-0.1, -0.05) is 305 Å². The second kappa shape index (κ2) is 62.2. The van der Waals surface area contributed by atoms with E-state index in [1.807, 2.05) is 0 Å². The average Bonchev–Trinajstić information content (AvgIpc) is 3.57. The van der Waals surface area contributed by atoms with Crippen LogP contribution in [0.3, 0.4) is 0 Å². The number of ether oxygens (including phenoxy) is 4. The van der Waals surface area contributed by atoms with Crippen LogP contribution in [-0.4, -0.2) is 96.7 Å². The lowest BCUT2D eigenvalue weighted by atomic mass is 10.0. The molecular formula is C70H136O17P2. The maximum Gasteiger partial charge on any atom is 0.472 e. The van der Waals surface area contributed by atoms with Gasteiger partial charge in [-0.05, 0) is 37.5 Å². The van der Waals surface area contributed by atoms with Crippen molar-refractivity contribution in [2.24, 2.45) is 11.8 Å². The van der Waals surface area contributed by atoms with Gasteiger partial charge in [-0.15, -0.1) is 0 Å². The molecule has 0 fully saturated rings. The van der Waals surface area contributed by atoms with Crippen molar-refractivity contribution in [3.63, 3.8) is 0 Å². The van der Waals surface area contributed by atoms with Crippen LogP contribution in [0, 0.1) is 11.8 Å². The first-order chi connectivity index (χ1) is 42.9. The Labute approximate surface area is 543 Å². The predicted octanol–water partition coefficient (Wildman–Crippen LogP) is 20.0. The number of unbranched alkanes of at least 4 members (excludes halogenated alkanes) is 39. The van der Waals surface area contributed by atoms with Crippen LogP contribution in [0.1, 0.15) is 356 Å². The van der Waals surface area contributed by atoms with Crippen molar-refractivity contribution in [1.82, 2.24) is 0 Å². The fourth-order valence-electron chi connectivity index (χ4n) is 10.6. The highest BCUT2D eigenvalue weighted by molar-refractivity contribution is 7.47. The van der Waals surface area contributed by atoms with E-state index in [1.54, 1.807) is 0 Å². The standard InChI is InChI=1S/C70H136O17P2/c1-7-9-11-13-15-17-18-19-20-21-22-23-24-25-26-27-28-29-31-33-42-48-54-69(74)86-65(59-81-68(73)53-47-41-36-34-38-44-50-62(3)4)60-84-88(76,77)82-56-64(71)57-83-89(78,79)85-61-66(87-70(75)55-49-43-37-35-39-45-51-63(5)6)58-80-67(72)52-46-40-32-30-16-14-12-10-8-2/h62-66,71H,7-61H2,1-6H3,(H,76,77)(H,78,79)/t64-,65-,66-/m1/s1. The lowest BCUT2D eigenvalue weighted by Gasteiger charge is -2.21. The molecule has 0 aromatic carbocycles. The van der Waals surface area contributed by atoms with Crippen LogP contribution in [0.5, 0.6) is 0 Å². The van der Waals surface area contributed by atoms with Crippen molar-refractivity contribution in [1.29, 1.82) is 0 Å². The zero-order chi connectivity index (χ0) is 65.7. The third kappa shape index (κ3) is 64.6. The Morgan fingerprint density at radius 3 is 0.764 bits per heavy atom. The number of hydrogen-bond acceptors (Lipinski definition) is 15. The van der Waals surface area contributed by atoms with Gasteiger partial charge in [0.15, 0.2) is 12.2 Å². The van der Waals surface area contributed by atoms with Crippen molar-refractivity contribution in [3.8, 4) is 0 Å². The second-order valence-corrected chi connectivity index (χ2v) is 29.1. The van der Waals surface area contributed by atoms with Gasteiger partial charge in [0, 0.05) is 25.7 Å². The maximum absolute atomic E-state index is 13.0. The Morgan fingerprint density at radius 2 is 0.517 bits per heavy atom. The molecule has 0 saturated carbocycles. The van der Waals surface area contributed by atoms with Crippen LogP contribution in [-0.2, 0) is 65.4 Å². The molecule has 0 radical (unpaired) electrons. The first-order valence-corrected chi connectivity index (χ1v) is 39.5. The van der Waals surface area contributed by atoms with Crippen LogP contribution in [0.2, 0.25) is 0 Å². The van der Waals surface area contributed by atoms with Gasteiger partial charge in [0.2, 0.25) is 0 Å². The molecule has 0 spiro atoms. The van der Waals surface area contributed by atoms with E-state index in [9.17, 15) is 43.2 Å². The summed E-state index contributed by atoms with van der Waals surface area (Å²) in [4.78, 5) is 72.3. The third-order valence-corrected chi connectivity index (χ3v) is 18.1. The SMILES string of the molecule is CCCCCCCCCCCCCCCCCCCCCCCCC(=O)O[C@H](COC(=O)CCCCCCCCC(C)C)COP(=O)(O)OC[C@@H](O)COP(=O)(O)OC[C@@H](COC(=O)CCCCCCCCCCC)OC(=O)CCCCCCCCC(C)C. The first kappa shape index (κ1) is 87.1. The van der Waals surface area contributed by atoms with E-state index in [1.165, 1.54) is 167 Å². The average molecular weight is 1310 g/mol. The molecule has 0 aromatic rings. The molecule has 0 rings (SSSR count). The van der Waals surface area contributed by atoms with Crippen LogP contribution < -0.4 is 0 Å². The van der Waals surface area contributed by atoms with Gasteiger partial charge in [-0.25, -0.2) is 9.13 Å². The Balaban J connectivity index is 5.09. The Kier molecular flexibility index (Phi) is 60.8. The lowest BCUT2D eigenvalue weighted by molar-refractivity contribution is -0.161. The van der Waals surface area contributed by atoms with Gasteiger partial charge in [0.05, 0.1) is 26.4 Å². The molecule has 0 saturated heterocycles. The van der Waals surface area contributed by atoms with Gasteiger partial charge >= 0.3 is 39.5 Å². The zero-order valence-corrected chi connectivity index (χ0v) is 59.5. The lowest BCUT2D eigenvalue weighted by Crippen LogP contribution is -2.30. The van der Waals surface area contributed by atoms with E-state index in [2.05, 4.69) is 41.5 Å². The molecule has 2 unspecified atom stereocenters. The van der Waals surface area contributed by atoms with Crippen LogP contribution >= 0.6 is 15.6 Å². The number of carbonyl (C=O) groups excluding carboxylic acids is 4. The third-order valence-electron chi connectivity index (χ3n) is 16.2. The maximum atomic E-state index is 13.0.